The highest BCUT2D eigenvalue weighted by Gasteiger charge is 2.06. The van der Waals surface area contributed by atoms with Crippen LogP contribution in [0, 0.1) is 0 Å². The molecule has 0 aliphatic rings. The predicted molar refractivity (Wildman–Crippen MR) is 265 cm³/mol. The Labute approximate surface area is 406 Å². The van der Waals surface area contributed by atoms with Crippen LogP contribution in [0.25, 0.3) is 0 Å². The highest BCUT2D eigenvalue weighted by atomic mass is 35.5. The molecular weight excluding hydrogens is 809 g/mol. The summed E-state index contributed by atoms with van der Waals surface area (Å²) in [7, 11) is 13.7. The zero-order chi connectivity index (χ0) is 43.1. The van der Waals surface area contributed by atoms with Gasteiger partial charge in [-0.2, -0.15) is 0 Å². The van der Waals surface area contributed by atoms with Gasteiger partial charge in [0.15, 0.2) is 12.4 Å². The molecule has 0 unspecified atom stereocenters. The summed E-state index contributed by atoms with van der Waals surface area (Å²) in [5.41, 5.74) is 0. The minimum Gasteiger partial charge on any atom is -1.00 e. The highest BCUT2D eigenvalue weighted by Crippen LogP contribution is 2.15. The van der Waals surface area contributed by atoms with Crippen LogP contribution < -0.4 is 41.8 Å². The van der Waals surface area contributed by atoms with E-state index >= 15 is 0 Å². The number of aryl methyl sites for hydroxylation is 1. The first-order chi connectivity index (χ1) is 28.1. The van der Waals surface area contributed by atoms with Gasteiger partial charge in [0.05, 0.1) is 55.4 Å². The highest BCUT2D eigenvalue weighted by molar-refractivity contribution is 4.83. The molecule has 1 aromatic heterocycles. The third-order valence-corrected chi connectivity index (χ3v) is 11.9. The van der Waals surface area contributed by atoms with Crippen molar-refractivity contribution in [1.29, 1.82) is 0 Å². The maximum absolute atomic E-state index is 2.29. The Bertz CT molecular complexity index is 871. The summed E-state index contributed by atoms with van der Waals surface area (Å²) in [6, 6.07) is 6.31. The van der Waals surface area contributed by atoms with E-state index in [1.807, 2.05) is 0 Å². The quantitative estimate of drug-likeness (QED) is 0.0354. The number of halogens is 3. The number of nitrogens with zero attached hydrogens (tertiary/aromatic N) is 3. The van der Waals surface area contributed by atoms with Gasteiger partial charge in [-0.3, -0.25) is 0 Å². The molecule has 0 aromatic carbocycles. The number of quaternary nitrogens is 2. The molecule has 0 aliphatic carbocycles. The summed E-state index contributed by atoms with van der Waals surface area (Å²) in [5, 5.41) is 0. The number of hydrogen-bond acceptors (Lipinski definition) is 0. The fraction of sp³-hybridized carbons (Fsp3) is 0.909. The minimum atomic E-state index is 0. The van der Waals surface area contributed by atoms with Crippen LogP contribution in [0.15, 0.2) is 30.6 Å². The number of aromatic nitrogens is 1. The van der Waals surface area contributed by atoms with Crippen molar-refractivity contribution in [3.05, 3.63) is 30.6 Å². The second-order valence-electron chi connectivity index (χ2n) is 20.5. The molecule has 0 saturated carbocycles. The fourth-order valence-corrected chi connectivity index (χ4v) is 7.93. The molecule has 0 radical (unpaired) electrons. The first-order valence-electron chi connectivity index (χ1n) is 26.6. The second-order valence-corrected chi connectivity index (χ2v) is 20.5. The minimum absolute atomic E-state index is 0. The molecule has 0 bridgehead atoms. The van der Waals surface area contributed by atoms with Gasteiger partial charge in [-0.15, -0.1) is 0 Å². The standard InChI is InChI=1S/C21H38N.C19H42N.C15H34N.3ClH/c1-2-3-4-5-6-7-8-9-10-11-12-13-14-16-19-22-20-17-15-18-21-22;1-5-6-7-8-9-10-11-12-13-14-15-16-17-18-19-20(2,3)4;1-5-6-7-8-9-10-11-12-13-14-15-16(2,3)4;;;/h15,17-18,20-21H,2-14,16,19H2,1H3;5-19H2,1-4H3;5-15H2,1-4H3;3*1H/q3*+1;;;/p-3. The molecular formula is C55H114Cl3N3. The molecule has 1 rings (SSSR count). The SMILES string of the molecule is CCCCCCCCCCCCCCCC[N+](C)(C)C.CCCCCCCCCCCCCCCC[n+]1ccccc1.CCCCCCCCCCCC[N+](C)(C)C.[Cl-].[Cl-].[Cl-]. The first-order valence-corrected chi connectivity index (χ1v) is 26.6. The first kappa shape index (κ1) is 70.0. The molecule has 61 heavy (non-hydrogen) atoms. The molecule has 0 atom stereocenters. The van der Waals surface area contributed by atoms with E-state index in [1.54, 1.807) is 0 Å². The zero-order valence-corrected chi connectivity index (χ0v) is 45.6. The molecule has 6 heteroatoms. The van der Waals surface area contributed by atoms with Crippen LogP contribution in [-0.4, -0.2) is 64.3 Å². The summed E-state index contributed by atoms with van der Waals surface area (Å²) >= 11 is 0. The van der Waals surface area contributed by atoms with E-state index < -0.39 is 0 Å². The van der Waals surface area contributed by atoms with Crippen LogP contribution in [0.5, 0.6) is 0 Å². The van der Waals surface area contributed by atoms with Gasteiger partial charge in [0, 0.05) is 18.6 Å². The van der Waals surface area contributed by atoms with E-state index in [0.717, 1.165) is 8.97 Å². The lowest BCUT2D eigenvalue weighted by molar-refractivity contribution is -0.870. The van der Waals surface area contributed by atoms with E-state index in [2.05, 4.69) is 98.2 Å². The summed E-state index contributed by atoms with van der Waals surface area (Å²) < 4.78 is 4.54. The van der Waals surface area contributed by atoms with Crippen LogP contribution in [0.2, 0.25) is 0 Å². The average molecular weight is 924 g/mol. The third kappa shape index (κ3) is 69.2. The smallest absolute Gasteiger partial charge is 0.168 e. The average Bonchev–Trinajstić information content (AvgIpc) is 3.19. The Morgan fingerprint density at radius 3 is 0.672 bits per heavy atom. The maximum atomic E-state index is 2.29. The van der Waals surface area contributed by atoms with E-state index in [-0.39, 0.29) is 37.2 Å². The molecule has 1 heterocycles. The lowest BCUT2D eigenvalue weighted by Gasteiger charge is -2.23. The predicted octanol–water partition coefficient (Wildman–Crippen LogP) is 8.25. The van der Waals surface area contributed by atoms with Gasteiger partial charge in [0.25, 0.3) is 0 Å². The Hall–Kier alpha value is -0.0600. The second kappa shape index (κ2) is 56.1. The van der Waals surface area contributed by atoms with Crippen molar-refractivity contribution in [1.82, 2.24) is 0 Å². The Morgan fingerprint density at radius 2 is 0.459 bits per heavy atom. The van der Waals surface area contributed by atoms with Crippen LogP contribution in [0.3, 0.4) is 0 Å². The van der Waals surface area contributed by atoms with Crippen molar-refractivity contribution in [2.75, 3.05) is 55.4 Å². The van der Waals surface area contributed by atoms with Crippen LogP contribution in [0.1, 0.15) is 265 Å². The molecule has 0 fully saturated rings. The van der Waals surface area contributed by atoms with Gasteiger partial charge in [0.2, 0.25) is 0 Å². The Morgan fingerprint density at radius 1 is 0.262 bits per heavy atom. The van der Waals surface area contributed by atoms with E-state index in [0.29, 0.717) is 0 Å². The number of hydrogen-bond donors (Lipinski definition) is 0. The summed E-state index contributed by atoms with van der Waals surface area (Å²) in [5.74, 6) is 0. The van der Waals surface area contributed by atoms with Gasteiger partial charge < -0.3 is 46.2 Å². The van der Waals surface area contributed by atoms with Crippen molar-refractivity contribution in [3.63, 3.8) is 0 Å². The summed E-state index contributed by atoms with van der Waals surface area (Å²) in [6.45, 7) is 10.7. The molecule has 0 spiro atoms. The van der Waals surface area contributed by atoms with Gasteiger partial charge in [-0.25, -0.2) is 4.57 Å². The Kier molecular flexibility index (Phi) is 64.3. The van der Waals surface area contributed by atoms with Crippen LogP contribution >= 0.6 is 0 Å². The molecule has 0 N–H and O–H groups in total. The third-order valence-electron chi connectivity index (χ3n) is 11.9. The zero-order valence-electron chi connectivity index (χ0n) is 43.4. The van der Waals surface area contributed by atoms with Crippen molar-refractivity contribution >= 4 is 0 Å². The normalized spacial score (nSPS) is 11.0. The van der Waals surface area contributed by atoms with Crippen LogP contribution in [0.4, 0.5) is 0 Å². The molecule has 0 saturated heterocycles. The number of rotatable bonds is 41. The van der Waals surface area contributed by atoms with Crippen molar-refractivity contribution in [2.45, 2.75) is 271 Å². The molecule has 0 amide bonds. The van der Waals surface area contributed by atoms with E-state index in [4.69, 9.17) is 0 Å². The fourth-order valence-electron chi connectivity index (χ4n) is 7.93. The van der Waals surface area contributed by atoms with E-state index in [1.165, 1.54) is 264 Å². The molecule has 1 aromatic rings. The van der Waals surface area contributed by atoms with Crippen molar-refractivity contribution in [3.8, 4) is 0 Å². The van der Waals surface area contributed by atoms with Gasteiger partial charge in [-0.1, -0.05) is 232 Å². The van der Waals surface area contributed by atoms with Gasteiger partial charge in [-0.05, 0) is 32.1 Å². The topological polar surface area (TPSA) is 3.88 Å². The lowest BCUT2D eigenvalue weighted by Crippen LogP contribution is -3.00. The molecule has 370 valence electrons. The molecule has 0 aliphatic heterocycles. The molecule has 3 nitrogen and oxygen atoms in total. The number of unbranched alkanes of at least 4 members (excludes halogenated alkanes) is 35. The summed E-state index contributed by atoms with van der Waals surface area (Å²) in [6.07, 6.45) is 59.2. The maximum Gasteiger partial charge on any atom is 0.168 e. The number of pyridine rings is 1. The van der Waals surface area contributed by atoms with Gasteiger partial charge in [0.1, 0.15) is 6.54 Å². The van der Waals surface area contributed by atoms with Gasteiger partial charge >= 0.3 is 0 Å². The van der Waals surface area contributed by atoms with Crippen molar-refractivity contribution < 1.29 is 50.8 Å². The largest absolute Gasteiger partial charge is 1.00 e. The lowest BCUT2D eigenvalue weighted by atomic mass is 10.0. The van der Waals surface area contributed by atoms with Crippen molar-refractivity contribution in [2.24, 2.45) is 0 Å². The Balaban J connectivity index is -0.000000254. The summed E-state index contributed by atoms with van der Waals surface area (Å²) in [4.78, 5) is 0. The van der Waals surface area contributed by atoms with E-state index in [9.17, 15) is 0 Å². The monoisotopic (exact) mass is 922 g/mol. The van der Waals surface area contributed by atoms with Crippen LogP contribution in [-0.2, 0) is 6.54 Å².